The smallest absolute Gasteiger partial charge is 0.246 e. The first kappa shape index (κ1) is 28.6. The van der Waals surface area contributed by atoms with Crippen LogP contribution in [0.4, 0.5) is 14.6 Å². The van der Waals surface area contributed by atoms with Gasteiger partial charge in [0.2, 0.25) is 5.91 Å². The molecule has 1 unspecified atom stereocenters. The topological polar surface area (TPSA) is 58.6 Å². The molecule has 0 saturated heterocycles. The van der Waals surface area contributed by atoms with E-state index >= 15 is 0 Å². The molecule has 0 spiro atoms. The highest BCUT2D eigenvalue weighted by Gasteiger charge is 2.30. The van der Waals surface area contributed by atoms with Gasteiger partial charge in [0.1, 0.15) is 28.6 Å². The van der Waals surface area contributed by atoms with Gasteiger partial charge in [-0.25, -0.2) is 18.7 Å². The third kappa shape index (κ3) is 6.33. The number of ether oxygens (including phenoxy) is 1. The first-order valence-electron chi connectivity index (χ1n) is 14.0. The summed E-state index contributed by atoms with van der Waals surface area (Å²) in [5, 5.41) is 0.940. The zero-order chi connectivity index (χ0) is 29.8. The van der Waals surface area contributed by atoms with Gasteiger partial charge in [-0.2, -0.15) is 0 Å². The Morgan fingerprint density at radius 2 is 1.77 bits per heavy atom. The Bertz CT molecular complexity index is 1760. The first-order valence-corrected chi connectivity index (χ1v) is 14.9. The average Bonchev–Trinajstić information content (AvgIpc) is 3.41. The van der Waals surface area contributed by atoms with Gasteiger partial charge in [-0.15, -0.1) is 11.3 Å². The number of carbonyl (C=O) groups is 1. The van der Waals surface area contributed by atoms with Crippen LogP contribution in [-0.2, 0) is 35.6 Å². The number of anilines is 1. The molecule has 1 atom stereocenters. The van der Waals surface area contributed by atoms with Crippen LogP contribution in [0.15, 0.2) is 97.8 Å². The summed E-state index contributed by atoms with van der Waals surface area (Å²) in [4.78, 5) is 27.7. The zero-order valence-electron chi connectivity index (χ0n) is 23.5. The third-order valence-electron chi connectivity index (χ3n) is 7.61. The van der Waals surface area contributed by atoms with Crippen LogP contribution in [0.25, 0.3) is 10.2 Å². The standard InChI is InChI=1S/C34H30F2N4O2S/c1-2-31(41)39-15-14-28-30(19-39)43-34-32(28)33(37-22-38-34)40(18-23-8-6-12-26(35)16-23)29(25-10-4-3-5-11-25)21-42-20-24-9-7-13-27(36)17-24/h2-13,16-17,22,29H,1,14-15,18-21H2. The molecule has 218 valence electrons. The Kier molecular flexibility index (Phi) is 8.53. The van der Waals surface area contributed by atoms with Crippen LogP contribution < -0.4 is 4.90 Å². The number of carbonyl (C=O) groups excluding carboxylic acids is 1. The summed E-state index contributed by atoms with van der Waals surface area (Å²) in [6.07, 6.45) is 3.56. The highest BCUT2D eigenvalue weighted by molar-refractivity contribution is 7.19. The highest BCUT2D eigenvalue weighted by Crippen LogP contribution is 2.41. The Morgan fingerprint density at radius 3 is 2.51 bits per heavy atom. The molecule has 6 nitrogen and oxygen atoms in total. The van der Waals surface area contributed by atoms with Crippen LogP contribution in [0.1, 0.15) is 33.2 Å². The number of halogens is 2. The van der Waals surface area contributed by atoms with E-state index in [1.165, 1.54) is 30.3 Å². The summed E-state index contributed by atoms with van der Waals surface area (Å²) < 4.78 is 34.5. The fraction of sp³-hybridized carbons (Fsp3) is 0.206. The second-order valence-electron chi connectivity index (χ2n) is 10.4. The fourth-order valence-electron chi connectivity index (χ4n) is 5.57. The molecule has 1 amide bonds. The van der Waals surface area contributed by atoms with Crippen molar-refractivity contribution in [3.05, 3.63) is 137 Å². The molecule has 1 aliphatic heterocycles. The van der Waals surface area contributed by atoms with Crippen molar-refractivity contribution in [2.24, 2.45) is 0 Å². The van der Waals surface area contributed by atoms with E-state index in [0.717, 1.165) is 43.2 Å². The van der Waals surface area contributed by atoms with E-state index in [4.69, 9.17) is 9.72 Å². The van der Waals surface area contributed by atoms with Crippen molar-refractivity contribution >= 4 is 33.3 Å². The zero-order valence-corrected chi connectivity index (χ0v) is 24.3. The lowest BCUT2D eigenvalue weighted by atomic mass is 10.0. The van der Waals surface area contributed by atoms with Crippen molar-refractivity contribution in [1.29, 1.82) is 0 Å². The normalized spacial score (nSPS) is 13.5. The molecule has 43 heavy (non-hydrogen) atoms. The number of amides is 1. The molecule has 9 heteroatoms. The number of nitrogens with zero attached hydrogens (tertiary/aromatic N) is 4. The Morgan fingerprint density at radius 1 is 1.02 bits per heavy atom. The number of benzene rings is 3. The minimum atomic E-state index is -0.316. The number of rotatable bonds is 10. The molecule has 0 N–H and O–H groups in total. The molecule has 6 rings (SSSR count). The minimum absolute atomic E-state index is 0.0956. The van der Waals surface area contributed by atoms with Crippen molar-refractivity contribution in [2.45, 2.75) is 32.2 Å². The average molecular weight is 597 g/mol. The maximum atomic E-state index is 14.4. The summed E-state index contributed by atoms with van der Waals surface area (Å²) in [7, 11) is 0. The van der Waals surface area contributed by atoms with E-state index in [2.05, 4.69) is 16.5 Å². The highest BCUT2D eigenvalue weighted by atomic mass is 32.1. The summed E-state index contributed by atoms with van der Waals surface area (Å²) in [6, 6.07) is 22.6. The number of hydrogen-bond acceptors (Lipinski definition) is 6. The largest absolute Gasteiger partial charge is 0.374 e. The monoisotopic (exact) mass is 596 g/mol. The molecule has 3 heterocycles. The summed E-state index contributed by atoms with van der Waals surface area (Å²) >= 11 is 1.56. The third-order valence-corrected chi connectivity index (χ3v) is 8.74. The van der Waals surface area contributed by atoms with Gasteiger partial charge in [0.05, 0.1) is 31.2 Å². The molecular formula is C34H30F2N4O2S. The fourth-order valence-corrected chi connectivity index (χ4v) is 6.76. The Labute approximate surface area is 252 Å². The van der Waals surface area contributed by atoms with Crippen LogP contribution in [0.5, 0.6) is 0 Å². The van der Waals surface area contributed by atoms with Crippen LogP contribution in [0.2, 0.25) is 0 Å². The van der Waals surface area contributed by atoms with Crippen LogP contribution in [0, 0.1) is 11.6 Å². The molecule has 1 aliphatic rings. The number of fused-ring (bicyclic) bond motifs is 3. The predicted octanol–water partition coefficient (Wildman–Crippen LogP) is 7.00. The van der Waals surface area contributed by atoms with E-state index in [9.17, 15) is 13.6 Å². The number of aromatic nitrogens is 2. The second kappa shape index (κ2) is 12.8. The molecule has 0 bridgehead atoms. The van der Waals surface area contributed by atoms with Crippen LogP contribution >= 0.6 is 11.3 Å². The Balaban J connectivity index is 1.43. The van der Waals surface area contributed by atoms with Gasteiger partial charge in [-0.05, 0) is 59.0 Å². The van der Waals surface area contributed by atoms with Gasteiger partial charge >= 0.3 is 0 Å². The van der Waals surface area contributed by atoms with Gasteiger partial charge in [0, 0.05) is 18.0 Å². The Hall–Kier alpha value is -4.47. The van der Waals surface area contributed by atoms with E-state index in [1.54, 1.807) is 34.7 Å². The molecule has 0 saturated carbocycles. The summed E-state index contributed by atoms with van der Waals surface area (Å²) in [5.41, 5.74) is 3.64. The van der Waals surface area contributed by atoms with Gasteiger partial charge in [0.25, 0.3) is 0 Å². The van der Waals surface area contributed by atoms with Crippen LogP contribution in [0.3, 0.4) is 0 Å². The van der Waals surface area contributed by atoms with Crippen molar-refractivity contribution < 1.29 is 18.3 Å². The van der Waals surface area contributed by atoms with Gasteiger partial charge < -0.3 is 14.5 Å². The van der Waals surface area contributed by atoms with Gasteiger partial charge in [-0.1, -0.05) is 61.2 Å². The summed E-state index contributed by atoms with van der Waals surface area (Å²) in [6.45, 7) is 5.56. The van der Waals surface area contributed by atoms with Gasteiger partial charge in [0.15, 0.2) is 0 Å². The van der Waals surface area contributed by atoms with Crippen molar-refractivity contribution in [3.63, 3.8) is 0 Å². The molecule has 0 radical (unpaired) electrons. The van der Waals surface area contributed by atoms with E-state index in [-0.39, 0.29) is 36.8 Å². The quantitative estimate of drug-likeness (QED) is 0.163. The molecule has 5 aromatic rings. The lowest BCUT2D eigenvalue weighted by Crippen LogP contribution is -2.34. The number of hydrogen-bond donors (Lipinski definition) is 0. The minimum Gasteiger partial charge on any atom is -0.374 e. The molecule has 2 aromatic heterocycles. The molecular weight excluding hydrogens is 566 g/mol. The number of thiophene rings is 1. The molecule has 3 aromatic carbocycles. The first-order chi connectivity index (χ1) is 21.0. The van der Waals surface area contributed by atoms with Crippen LogP contribution in [-0.4, -0.2) is 33.9 Å². The SMILES string of the molecule is C=CC(=O)N1CCc2c(sc3ncnc(N(Cc4cccc(F)c4)C(COCc4cccc(F)c4)c4ccccc4)c23)C1. The second-order valence-corrected chi connectivity index (χ2v) is 11.5. The molecule has 0 fully saturated rings. The van der Waals surface area contributed by atoms with Crippen molar-refractivity contribution in [3.8, 4) is 0 Å². The van der Waals surface area contributed by atoms with E-state index < -0.39 is 0 Å². The lowest BCUT2D eigenvalue weighted by Gasteiger charge is -2.34. The van der Waals surface area contributed by atoms with Crippen molar-refractivity contribution in [1.82, 2.24) is 14.9 Å². The summed E-state index contributed by atoms with van der Waals surface area (Å²) in [5.74, 6) is -0.00334. The van der Waals surface area contributed by atoms with Gasteiger partial charge in [-0.3, -0.25) is 4.79 Å². The maximum Gasteiger partial charge on any atom is 0.246 e. The molecule has 0 aliphatic carbocycles. The maximum absolute atomic E-state index is 14.4. The lowest BCUT2D eigenvalue weighted by molar-refractivity contribution is -0.126. The van der Waals surface area contributed by atoms with E-state index in [1.807, 2.05) is 42.5 Å². The van der Waals surface area contributed by atoms with Crippen molar-refractivity contribution in [2.75, 3.05) is 18.1 Å². The predicted molar refractivity (Wildman–Crippen MR) is 165 cm³/mol. The van der Waals surface area contributed by atoms with E-state index in [0.29, 0.717) is 26.1 Å².